The van der Waals surface area contributed by atoms with Crippen LogP contribution in [0.15, 0.2) is 0 Å². The Morgan fingerprint density at radius 3 is 2.71 bits per heavy atom. The normalized spacial score (nSPS) is 24.6. The topological polar surface area (TPSA) is 81.1 Å². The van der Waals surface area contributed by atoms with Crippen LogP contribution in [-0.4, -0.2) is 64.4 Å². The average molecular weight is 240 g/mol. The highest BCUT2D eigenvalue weighted by atomic mass is 16.4. The van der Waals surface area contributed by atoms with Gasteiger partial charge in [0.15, 0.2) is 0 Å². The molecule has 2 saturated heterocycles. The quantitative estimate of drug-likeness (QED) is 0.595. The Balaban J connectivity index is 1.93. The molecule has 7 heteroatoms. The molecule has 2 aliphatic heterocycles. The summed E-state index contributed by atoms with van der Waals surface area (Å²) >= 11 is 0. The first-order valence-corrected chi connectivity index (χ1v) is 6.03. The van der Waals surface area contributed by atoms with E-state index in [4.69, 9.17) is 10.0 Å². The van der Waals surface area contributed by atoms with Crippen molar-refractivity contribution in [1.29, 1.82) is 0 Å². The fraction of sp³-hybridized carbons (Fsp3) is 0.800. The van der Waals surface area contributed by atoms with Gasteiger partial charge in [0.2, 0.25) is 11.8 Å². The van der Waals surface area contributed by atoms with Gasteiger partial charge in [-0.2, -0.15) is 0 Å². The van der Waals surface area contributed by atoms with Crippen molar-refractivity contribution in [2.24, 2.45) is 0 Å². The van der Waals surface area contributed by atoms with Crippen LogP contribution in [0.3, 0.4) is 0 Å². The Labute approximate surface area is 100 Å². The van der Waals surface area contributed by atoms with E-state index in [1.807, 2.05) is 0 Å². The van der Waals surface area contributed by atoms with Crippen molar-refractivity contribution < 1.29 is 19.6 Å². The molecular weight excluding hydrogens is 223 g/mol. The number of rotatable bonds is 3. The molecule has 6 nitrogen and oxygen atoms in total. The first-order valence-electron chi connectivity index (χ1n) is 6.03. The molecule has 0 aromatic carbocycles. The molecule has 0 bridgehead atoms. The highest BCUT2D eigenvalue weighted by Crippen LogP contribution is 2.19. The average Bonchev–Trinajstić information content (AvgIpc) is 2.87. The van der Waals surface area contributed by atoms with Crippen molar-refractivity contribution in [3.05, 3.63) is 0 Å². The van der Waals surface area contributed by atoms with E-state index in [0.29, 0.717) is 25.9 Å². The number of amides is 2. The SMILES string of the molecule is O=C1CCCN1CC(=O)N1CCCC1B(O)O. The molecule has 0 radical (unpaired) electrons. The van der Waals surface area contributed by atoms with Crippen molar-refractivity contribution in [3.8, 4) is 0 Å². The molecule has 2 N–H and O–H groups in total. The number of nitrogens with zero attached hydrogens (tertiary/aromatic N) is 2. The maximum absolute atomic E-state index is 12.0. The lowest BCUT2D eigenvalue weighted by Gasteiger charge is -2.26. The van der Waals surface area contributed by atoms with E-state index in [1.54, 1.807) is 4.90 Å². The Bertz CT molecular complexity index is 323. The summed E-state index contributed by atoms with van der Waals surface area (Å²) in [4.78, 5) is 26.4. The second-order valence-corrected chi connectivity index (χ2v) is 4.63. The Hall–Kier alpha value is -1.08. The van der Waals surface area contributed by atoms with Gasteiger partial charge in [0.25, 0.3) is 0 Å². The predicted molar refractivity (Wildman–Crippen MR) is 60.7 cm³/mol. The van der Waals surface area contributed by atoms with Crippen molar-refractivity contribution in [1.82, 2.24) is 9.80 Å². The van der Waals surface area contributed by atoms with Crippen LogP contribution in [0.1, 0.15) is 25.7 Å². The number of likely N-dealkylation sites (tertiary alicyclic amines) is 2. The molecule has 0 saturated carbocycles. The van der Waals surface area contributed by atoms with Crippen molar-refractivity contribution in [2.75, 3.05) is 19.6 Å². The molecule has 94 valence electrons. The molecule has 0 aromatic rings. The Kier molecular flexibility index (Phi) is 3.68. The summed E-state index contributed by atoms with van der Waals surface area (Å²) in [6.07, 6.45) is 2.71. The molecule has 0 aromatic heterocycles. The largest absolute Gasteiger partial charge is 0.475 e. The molecular formula is C10H17BN2O4. The Morgan fingerprint density at radius 1 is 1.35 bits per heavy atom. The van der Waals surface area contributed by atoms with Crippen LogP contribution in [-0.2, 0) is 9.59 Å². The maximum Gasteiger partial charge on any atom is 0.475 e. The molecule has 0 aliphatic carbocycles. The summed E-state index contributed by atoms with van der Waals surface area (Å²) in [7, 11) is -1.49. The van der Waals surface area contributed by atoms with Gasteiger partial charge < -0.3 is 19.8 Å². The van der Waals surface area contributed by atoms with Gasteiger partial charge >= 0.3 is 7.12 Å². The lowest BCUT2D eigenvalue weighted by Crippen LogP contribution is -2.49. The lowest BCUT2D eigenvalue weighted by atomic mass is 9.78. The zero-order valence-corrected chi connectivity index (χ0v) is 9.71. The van der Waals surface area contributed by atoms with E-state index in [1.165, 1.54) is 4.90 Å². The maximum atomic E-state index is 12.0. The van der Waals surface area contributed by atoms with Gasteiger partial charge in [0.05, 0.1) is 12.5 Å². The Morgan fingerprint density at radius 2 is 2.12 bits per heavy atom. The van der Waals surface area contributed by atoms with Crippen LogP contribution in [0.25, 0.3) is 0 Å². The minimum Gasteiger partial charge on any atom is -0.426 e. The molecule has 1 unspecified atom stereocenters. The fourth-order valence-corrected chi connectivity index (χ4v) is 2.54. The number of carbonyl (C=O) groups excluding carboxylic acids is 2. The van der Waals surface area contributed by atoms with Gasteiger partial charge in [-0.15, -0.1) is 0 Å². The van der Waals surface area contributed by atoms with Crippen LogP contribution >= 0.6 is 0 Å². The van der Waals surface area contributed by atoms with Gasteiger partial charge in [0.1, 0.15) is 0 Å². The van der Waals surface area contributed by atoms with Crippen molar-refractivity contribution in [3.63, 3.8) is 0 Å². The van der Waals surface area contributed by atoms with Crippen LogP contribution < -0.4 is 0 Å². The summed E-state index contributed by atoms with van der Waals surface area (Å²) in [5.41, 5.74) is 0. The third kappa shape index (κ3) is 2.61. The van der Waals surface area contributed by atoms with E-state index < -0.39 is 13.1 Å². The van der Waals surface area contributed by atoms with Crippen LogP contribution in [0.4, 0.5) is 0 Å². The minimum absolute atomic E-state index is 0.0126. The first-order chi connectivity index (χ1) is 8.09. The van der Waals surface area contributed by atoms with Gasteiger partial charge in [0, 0.05) is 19.5 Å². The minimum atomic E-state index is -1.49. The summed E-state index contributed by atoms with van der Waals surface area (Å²) < 4.78 is 0. The van der Waals surface area contributed by atoms with Gasteiger partial charge in [-0.25, -0.2) is 0 Å². The fourth-order valence-electron chi connectivity index (χ4n) is 2.54. The second kappa shape index (κ2) is 5.06. The summed E-state index contributed by atoms with van der Waals surface area (Å²) in [6.45, 7) is 1.25. The molecule has 2 aliphatic rings. The van der Waals surface area contributed by atoms with Crippen LogP contribution in [0.5, 0.6) is 0 Å². The number of carbonyl (C=O) groups is 2. The number of hydrogen-bond donors (Lipinski definition) is 2. The molecule has 2 rings (SSSR count). The highest BCUT2D eigenvalue weighted by Gasteiger charge is 2.37. The summed E-state index contributed by atoms with van der Waals surface area (Å²) in [5.74, 6) is -0.685. The predicted octanol–water partition coefficient (Wildman–Crippen LogP) is -1.39. The summed E-state index contributed by atoms with van der Waals surface area (Å²) in [6, 6.07) is 0. The molecule has 0 spiro atoms. The van der Waals surface area contributed by atoms with E-state index in [-0.39, 0.29) is 18.4 Å². The van der Waals surface area contributed by atoms with Gasteiger partial charge in [-0.05, 0) is 19.3 Å². The van der Waals surface area contributed by atoms with Crippen LogP contribution in [0, 0.1) is 0 Å². The molecule has 1 atom stereocenters. The van der Waals surface area contributed by atoms with E-state index in [9.17, 15) is 9.59 Å². The first kappa shape index (κ1) is 12.4. The molecule has 2 heterocycles. The van der Waals surface area contributed by atoms with E-state index in [0.717, 1.165) is 12.8 Å². The number of hydrogen-bond acceptors (Lipinski definition) is 4. The molecule has 2 amide bonds. The third-order valence-electron chi connectivity index (χ3n) is 3.46. The van der Waals surface area contributed by atoms with Gasteiger partial charge in [-0.1, -0.05) is 0 Å². The van der Waals surface area contributed by atoms with Crippen molar-refractivity contribution in [2.45, 2.75) is 31.6 Å². The zero-order valence-electron chi connectivity index (χ0n) is 9.71. The smallest absolute Gasteiger partial charge is 0.426 e. The summed E-state index contributed by atoms with van der Waals surface area (Å²) in [5, 5.41) is 18.3. The van der Waals surface area contributed by atoms with E-state index >= 15 is 0 Å². The van der Waals surface area contributed by atoms with Crippen LogP contribution in [0.2, 0.25) is 0 Å². The molecule has 2 fully saturated rings. The molecule has 17 heavy (non-hydrogen) atoms. The standard InChI is InChI=1S/C10H17BN2O4/c14-9-4-2-5-12(9)7-10(15)13-6-1-3-8(13)11(16)17/h8,16-17H,1-7H2. The van der Waals surface area contributed by atoms with Gasteiger partial charge in [-0.3, -0.25) is 9.59 Å². The lowest BCUT2D eigenvalue weighted by molar-refractivity contribution is -0.138. The third-order valence-corrected chi connectivity index (χ3v) is 3.46. The second-order valence-electron chi connectivity index (χ2n) is 4.63. The van der Waals surface area contributed by atoms with E-state index in [2.05, 4.69) is 0 Å². The van der Waals surface area contributed by atoms with Crippen molar-refractivity contribution >= 4 is 18.9 Å². The zero-order chi connectivity index (χ0) is 12.4. The highest BCUT2D eigenvalue weighted by molar-refractivity contribution is 6.43. The monoisotopic (exact) mass is 240 g/mol.